The van der Waals surface area contributed by atoms with Gasteiger partial charge in [0.25, 0.3) is 5.69 Å². The van der Waals surface area contributed by atoms with Crippen LogP contribution in [0.5, 0.6) is 0 Å². The maximum Gasteiger partial charge on any atom is 0.279 e. The highest BCUT2D eigenvalue weighted by Crippen LogP contribution is 2.34. The van der Waals surface area contributed by atoms with Crippen LogP contribution in [0.2, 0.25) is 0 Å². The molecule has 0 radical (unpaired) electrons. The first-order chi connectivity index (χ1) is 10.6. The van der Waals surface area contributed by atoms with Gasteiger partial charge in [0.15, 0.2) is 0 Å². The Morgan fingerprint density at radius 2 is 2.00 bits per heavy atom. The minimum Gasteiger partial charge on any atom is -0.268 e. The number of halogens is 1. The highest BCUT2D eigenvalue weighted by atomic mass is 19.1. The fraction of sp³-hybridized carbons (Fsp3) is 0.0667. The van der Waals surface area contributed by atoms with E-state index in [2.05, 4.69) is 10.1 Å². The lowest BCUT2D eigenvalue weighted by Crippen LogP contribution is -1.99. The molecular weight excluding hydrogens is 287 g/mol. The van der Waals surface area contributed by atoms with Crippen molar-refractivity contribution in [1.29, 1.82) is 0 Å². The van der Waals surface area contributed by atoms with E-state index in [0.29, 0.717) is 11.4 Å². The van der Waals surface area contributed by atoms with Crippen molar-refractivity contribution in [2.45, 2.75) is 0 Å². The van der Waals surface area contributed by atoms with Gasteiger partial charge in [-0.25, -0.2) is 4.39 Å². The van der Waals surface area contributed by atoms with Crippen molar-refractivity contribution in [3.63, 3.8) is 0 Å². The minimum absolute atomic E-state index is 0.131. The molecule has 0 saturated heterocycles. The number of rotatable bonds is 3. The van der Waals surface area contributed by atoms with Crippen LogP contribution in [-0.4, -0.2) is 19.7 Å². The van der Waals surface area contributed by atoms with Gasteiger partial charge in [0.2, 0.25) is 0 Å². The molecule has 0 amide bonds. The van der Waals surface area contributed by atoms with Gasteiger partial charge in [-0.1, -0.05) is 6.07 Å². The highest BCUT2D eigenvalue weighted by molar-refractivity contribution is 5.76. The summed E-state index contributed by atoms with van der Waals surface area (Å²) in [5.41, 5.74) is 0.898. The number of aromatic nitrogens is 3. The summed E-state index contributed by atoms with van der Waals surface area (Å²) in [6.45, 7) is 0. The molecule has 2 aromatic heterocycles. The molecule has 6 nitrogen and oxygen atoms in total. The summed E-state index contributed by atoms with van der Waals surface area (Å²) in [4.78, 5) is 14.9. The number of nitro groups is 1. The summed E-state index contributed by atoms with van der Waals surface area (Å²) in [7, 11) is 1.65. The molecule has 22 heavy (non-hydrogen) atoms. The van der Waals surface area contributed by atoms with Crippen molar-refractivity contribution >= 4 is 5.69 Å². The fourth-order valence-corrected chi connectivity index (χ4v) is 2.27. The fourth-order valence-electron chi connectivity index (χ4n) is 2.27. The number of aryl methyl sites for hydroxylation is 1. The second kappa shape index (κ2) is 5.36. The summed E-state index contributed by atoms with van der Waals surface area (Å²) >= 11 is 0. The van der Waals surface area contributed by atoms with E-state index in [1.807, 2.05) is 0 Å². The lowest BCUT2D eigenvalue weighted by atomic mass is 10.0. The minimum atomic E-state index is -0.560. The molecule has 0 saturated carbocycles. The molecule has 0 bridgehead atoms. The second-order valence-corrected chi connectivity index (χ2v) is 4.66. The number of hydrogen-bond donors (Lipinski definition) is 0. The van der Waals surface area contributed by atoms with Crippen molar-refractivity contribution in [2.24, 2.45) is 7.05 Å². The zero-order valence-corrected chi connectivity index (χ0v) is 11.6. The van der Waals surface area contributed by atoms with Gasteiger partial charge in [0, 0.05) is 31.1 Å². The van der Waals surface area contributed by atoms with Crippen LogP contribution in [0.3, 0.4) is 0 Å². The van der Waals surface area contributed by atoms with Crippen molar-refractivity contribution in [3.8, 4) is 22.5 Å². The Balaban J connectivity index is 2.24. The van der Waals surface area contributed by atoms with Crippen LogP contribution in [-0.2, 0) is 7.05 Å². The first kappa shape index (κ1) is 13.9. The maximum absolute atomic E-state index is 14.4. The van der Waals surface area contributed by atoms with Gasteiger partial charge < -0.3 is 0 Å². The summed E-state index contributed by atoms with van der Waals surface area (Å²) in [5, 5.41) is 15.3. The molecule has 0 aliphatic heterocycles. The Bertz CT molecular complexity index is 846. The van der Waals surface area contributed by atoms with E-state index in [-0.39, 0.29) is 16.8 Å². The predicted octanol–water partition coefficient (Wildman–Crippen LogP) is 3.20. The molecule has 1 aromatic carbocycles. The zero-order valence-electron chi connectivity index (χ0n) is 11.6. The van der Waals surface area contributed by atoms with Crippen LogP contribution in [0.25, 0.3) is 22.5 Å². The number of pyridine rings is 1. The van der Waals surface area contributed by atoms with E-state index >= 15 is 0 Å². The molecule has 0 unspecified atom stereocenters. The van der Waals surface area contributed by atoms with Crippen molar-refractivity contribution in [1.82, 2.24) is 14.8 Å². The van der Waals surface area contributed by atoms with Crippen LogP contribution >= 0.6 is 0 Å². The Kier molecular flexibility index (Phi) is 3.38. The number of benzene rings is 1. The van der Waals surface area contributed by atoms with Crippen molar-refractivity contribution in [2.75, 3.05) is 0 Å². The lowest BCUT2D eigenvalue weighted by molar-refractivity contribution is -0.384. The third-order valence-corrected chi connectivity index (χ3v) is 3.32. The Morgan fingerprint density at radius 3 is 2.59 bits per heavy atom. The molecule has 110 valence electrons. The van der Waals surface area contributed by atoms with Gasteiger partial charge in [-0.2, -0.15) is 5.10 Å². The summed E-state index contributed by atoms with van der Waals surface area (Å²) in [6.07, 6.45) is 3.01. The maximum atomic E-state index is 14.4. The van der Waals surface area contributed by atoms with E-state index in [1.54, 1.807) is 31.3 Å². The molecule has 3 rings (SSSR count). The number of hydrogen-bond acceptors (Lipinski definition) is 4. The molecule has 0 N–H and O–H groups in total. The van der Waals surface area contributed by atoms with Gasteiger partial charge in [-0.3, -0.25) is 19.8 Å². The van der Waals surface area contributed by atoms with Crippen LogP contribution in [0.15, 0.2) is 48.8 Å². The van der Waals surface area contributed by atoms with E-state index < -0.39 is 10.7 Å². The van der Waals surface area contributed by atoms with Crippen LogP contribution in [0.1, 0.15) is 0 Å². The van der Waals surface area contributed by atoms with Gasteiger partial charge >= 0.3 is 0 Å². The smallest absolute Gasteiger partial charge is 0.268 e. The van der Waals surface area contributed by atoms with Gasteiger partial charge in [0.1, 0.15) is 5.82 Å². The molecule has 0 atom stereocenters. The Hall–Kier alpha value is -3.09. The average molecular weight is 298 g/mol. The normalized spacial score (nSPS) is 10.6. The van der Waals surface area contributed by atoms with Crippen molar-refractivity contribution < 1.29 is 9.31 Å². The second-order valence-electron chi connectivity index (χ2n) is 4.66. The first-order valence-corrected chi connectivity index (χ1v) is 6.45. The van der Waals surface area contributed by atoms with Gasteiger partial charge in [-0.05, 0) is 24.3 Å². The third-order valence-electron chi connectivity index (χ3n) is 3.32. The Labute approximate surface area is 125 Å². The molecule has 0 spiro atoms. The van der Waals surface area contributed by atoms with E-state index in [0.717, 1.165) is 6.07 Å². The molecule has 0 aliphatic rings. The zero-order chi connectivity index (χ0) is 15.7. The topological polar surface area (TPSA) is 73.8 Å². The van der Waals surface area contributed by atoms with Gasteiger partial charge in [-0.15, -0.1) is 0 Å². The van der Waals surface area contributed by atoms with Crippen molar-refractivity contribution in [3.05, 3.63) is 64.7 Å². The molecule has 0 fully saturated rings. The third kappa shape index (κ3) is 2.32. The highest BCUT2D eigenvalue weighted by Gasteiger charge is 2.22. The van der Waals surface area contributed by atoms with Crippen LogP contribution in [0, 0.1) is 15.9 Å². The van der Waals surface area contributed by atoms with E-state index in [4.69, 9.17) is 0 Å². The van der Waals surface area contributed by atoms with Gasteiger partial charge in [0.05, 0.1) is 21.9 Å². The van der Waals surface area contributed by atoms with E-state index in [1.165, 1.54) is 23.1 Å². The molecule has 3 aromatic rings. The van der Waals surface area contributed by atoms with Crippen LogP contribution < -0.4 is 0 Å². The summed E-state index contributed by atoms with van der Waals surface area (Å²) in [5.74, 6) is -0.560. The number of nitrogens with zero attached hydrogens (tertiary/aromatic N) is 4. The summed E-state index contributed by atoms with van der Waals surface area (Å²) in [6, 6.07) is 8.95. The lowest BCUT2D eigenvalue weighted by Gasteiger charge is -2.08. The quantitative estimate of drug-likeness (QED) is 0.549. The first-order valence-electron chi connectivity index (χ1n) is 6.45. The largest absolute Gasteiger partial charge is 0.279 e. The van der Waals surface area contributed by atoms with E-state index in [9.17, 15) is 14.5 Å². The number of nitro benzene ring substituents is 1. The average Bonchev–Trinajstić information content (AvgIpc) is 2.93. The van der Waals surface area contributed by atoms with Crippen LogP contribution in [0.4, 0.5) is 10.1 Å². The molecular formula is C15H11FN4O2. The molecule has 2 heterocycles. The summed E-state index contributed by atoms with van der Waals surface area (Å²) < 4.78 is 15.9. The standard InChI is InChI=1S/C15H11FN4O2/c1-19-14(5-7-18-19)10-9-15(20(21)22)11(8-12(10)16)13-4-2-3-6-17-13/h2-9H,1H3. The monoisotopic (exact) mass is 298 g/mol. The SMILES string of the molecule is Cn1nccc1-c1cc([N+](=O)[O-])c(-c2ccccn2)cc1F. The molecule has 7 heteroatoms. The Morgan fingerprint density at radius 1 is 1.18 bits per heavy atom. The molecule has 0 aliphatic carbocycles. The predicted molar refractivity (Wildman–Crippen MR) is 78.5 cm³/mol.